The topological polar surface area (TPSA) is 58.2 Å². The van der Waals surface area contributed by atoms with E-state index < -0.39 is 10.0 Å². The molecular weight excluding hydrogens is 292 g/mol. The predicted molar refractivity (Wildman–Crippen MR) is 85.9 cm³/mol. The van der Waals surface area contributed by atoms with Gasteiger partial charge in [-0.3, -0.25) is 0 Å². The van der Waals surface area contributed by atoms with Crippen molar-refractivity contribution in [3.63, 3.8) is 0 Å². The Balaban J connectivity index is 2.06. The van der Waals surface area contributed by atoms with Crippen LogP contribution < -0.4 is 10.0 Å². The number of anilines is 1. The minimum absolute atomic E-state index is 0.0650. The lowest BCUT2D eigenvalue weighted by Gasteiger charge is -2.28. The van der Waals surface area contributed by atoms with Gasteiger partial charge in [0.2, 0.25) is 10.0 Å². The Bertz CT molecular complexity index is 529. The first-order chi connectivity index (χ1) is 9.55. The van der Waals surface area contributed by atoms with Gasteiger partial charge in [-0.25, -0.2) is 13.1 Å². The highest BCUT2D eigenvalue weighted by Gasteiger charge is 2.25. The van der Waals surface area contributed by atoms with E-state index in [4.69, 9.17) is 0 Å². The summed E-state index contributed by atoms with van der Waals surface area (Å²) in [6, 6.07) is 6.90. The predicted octanol–water partition coefficient (Wildman–Crippen LogP) is 2.68. The van der Waals surface area contributed by atoms with Crippen LogP contribution in [-0.4, -0.2) is 33.0 Å². The monoisotopic (exact) mass is 314 g/mol. The summed E-state index contributed by atoms with van der Waals surface area (Å²) in [5.41, 5.74) is 0.907. The molecule has 1 aliphatic rings. The highest BCUT2D eigenvalue weighted by Crippen LogP contribution is 2.28. The summed E-state index contributed by atoms with van der Waals surface area (Å²) in [6.07, 6.45) is 6.24. The summed E-state index contributed by atoms with van der Waals surface area (Å²) in [5.74, 6) is 0. The Labute approximate surface area is 125 Å². The van der Waals surface area contributed by atoms with Crippen molar-refractivity contribution < 1.29 is 8.42 Å². The van der Waals surface area contributed by atoms with Gasteiger partial charge in [0, 0.05) is 24.0 Å². The molecule has 0 saturated heterocycles. The fourth-order valence-electron chi connectivity index (χ4n) is 2.55. The second kappa shape index (κ2) is 6.83. The lowest BCUT2D eigenvalue weighted by Crippen LogP contribution is -2.39. The molecular formula is C14H22N2O2S2. The molecule has 2 unspecified atom stereocenters. The van der Waals surface area contributed by atoms with E-state index in [-0.39, 0.29) is 6.04 Å². The number of benzene rings is 1. The second-order valence-electron chi connectivity index (χ2n) is 5.12. The molecule has 1 aliphatic carbocycles. The first kappa shape index (κ1) is 15.7. The third-order valence-electron chi connectivity index (χ3n) is 3.73. The van der Waals surface area contributed by atoms with Crippen LogP contribution in [0.25, 0.3) is 0 Å². The average molecular weight is 314 g/mol. The largest absolute Gasteiger partial charge is 0.388 e. The number of hydrogen-bond donors (Lipinski definition) is 2. The normalized spacial score (nSPS) is 23.5. The molecule has 0 radical (unpaired) electrons. The van der Waals surface area contributed by atoms with E-state index in [9.17, 15) is 8.42 Å². The number of hydrogen-bond acceptors (Lipinski definition) is 4. The molecule has 1 saturated carbocycles. The number of rotatable bonds is 5. The van der Waals surface area contributed by atoms with Crippen molar-refractivity contribution in [3.8, 4) is 0 Å². The molecule has 0 spiro atoms. The van der Waals surface area contributed by atoms with Crippen LogP contribution in [0.3, 0.4) is 0 Å². The van der Waals surface area contributed by atoms with Crippen molar-refractivity contribution in [2.45, 2.75) is 41.9 Å². The highest BCUT2D eigenvalue weighted by atomic mass is 32.2. The van der Waals surface area contributed by atoms with Crippen molar-refractivity contribution in [2.75, 3.05) is 18.6 Å². The molecule has 1 aromatic carbocycles. The maximum absolute atomic E-state index is 12.4. The third kappa shape index (κ3) is 3.90. The maximum Gasteiger partial charge on any atom is 0.240 e. The Morgan fingerprint density at radius 1 is 1.20 bits per heavy atom. The van der Waals surface area contributed by atoms with Crippen LogP contribution in [0.5, 0.6) is 0 Å². The first-order valence-electron chi connectivity index (χ1n) is 6.88. The summed E-state index contributed by atoms with van der Waals surface area (Å²) >= 11 is 1.83. The minimum atomic E-state index is -3.40. The van der Waals surface area contributed by atoms with E-state index in [1.165, 1.54) is 6.42 Å². The van der Waals surface area contributed by atoms with Gasteiger partial charge in [0.25, 0.3) is 0 Å². The van der Waals surface area contributed by atoms with Gasteiger partial charge < -0.3 is 5.32 Å². The average Bonchev–Trinajstić information content (AvgIpc) is 2.47. The van der Waals surface area contributed by atoms with Gasteiger partial charge in [-0.1, -0.05) is 6.42 Å². The molecule has 6 heteroatoms. The van der Waals surface area contributed by atoms with Crippen molar-refractivity contribution in [2.24, 2.45) is 0 Å². The lowest BCUT2D eigenvalue weighted by atomic mass is 9.96. The van der Waals surface area contributed by atoms with Gasteiger partial charge in [-0.05, 0) is 49.8 Å². The van der Waals surface area contributed by atoms with Gasteiger partial charge in [0.05, 0.1) is 4.90 Å². The van der Waals surface area contributed by atoms with E-state index in [1.54, 1.807) is 24.3 Å². The summed E-state index contributed by atoms with van der Waals surface area (Å²) in [4.78, 5) is 0.336. The van der Waals surface area contributed by atoms with Gasteiger partial charge in [-0.15, -0.1) is 0 Å². The zero-order valence-electron chi connectivity index (χ0n) is 11.9. The van der Waals surface area contributed by atoms with Gasteiger partial charge >= 0.3 is 0 Å². The van der Waals surface area contributed by atoms with Gasteiger partial charge in [-0.2, -0.15) is 11.8 Å². The molecule has 2 N–H and O–H groups in total. The Hall–Kier alpha value is -0.720. The zero-order valence-corrected chi connectivity index (χ0v) is 13.6. The second-order valence-corrected chi connectivity index (χ2v) is 7.97. The standard InChI is InChI=1S/C14H22N2O2S2/c1-15-11-6-8-14(9-7-11)20(17,18)16-12-4-3-5-13(10-12)19-2/h6-9,12-13,15-16H,3-5,10H2,1-2H3. The Morgan fingerprint density at radius 3 is 2.50 bits per heavy atom. The Kier molecular flexibility index (Phi) is 5.35. The van der Waals surface area contributed by atoms with E-state index >= 15 is 0 Å². The summed E-state index contributed by atoms with van der Waals surface area (Å²) in [7, 11) is -1.59. The van der Waals surface area contributed by atoms with Gasteiger partial charge in [0.1, 0.15) is 0 Å². The minimum Gasteiger partial charge on any atom is -0.388 e. The summed E-state index contributed by atoms with van der Waals surface area (Å²) in [5, 5.41) is 3.55. The molecule has 2 rings (SSSR count). The van der Waals surface area contributed by atoms with Crippen molar-refractivity contribution in [3.05, 3.63) is 24.3 Å². The molecule has 0 heterocycles. The molecule has 112 valence electrons. The highest BCUT2D eigenvalue weighted by molar-refractivity contribution is 7.99. The smallest absolute Gasteiger partial charge is 0.240 e. The molecule has 0 bridgehead atoms. The lowest BCUT2D eigenvalue weighted by molar-refractivity contribution is 0.421. The van der Waals surface area contributed by atoms with Crippen LogP contribution in [-0.2, 0) is 10.0 Å². The molecule has 20 heavy (non-hydrogen) atoms. The van der Waals surface area contributed by atoms with Crippen molar-refractivity contribution in [1.29, 1.82) is 0 Å². The molecule has 1 fully saturated rings. The molecule has 4 nitrogen and oxygen atoms in total. The van der Waals surface area contributed by atoms with Gasteiger partial charge in [0.15, 0.2) is 0 Å². The van der Waals surface area contributed by atoms with E-state index in [1.807, 2.05) is 18.8 Å². The van der Waals surface area contributed by atoms with Crippen molar-refractivity contribution in [1.82, 2.24) is 4.72 Å². The molecule has 0 aromatic heterocycles. The van der Waals surface area contributed by atoms with Crippen LogP contribution in [0.1, 0.15) is 25.7 Å². The first-order valence-corrected chi connectivity index (χ1v) is 9.65. The van der Waals surface area contributed by atoms with Crippen LogP contribution in [0.2, 0.25) is 0 Å². The fraction of sp³-hybridized carbons (Fsp3) is 0.571. The quantitative estimate of drug-likeness (QED) is 0.877. The molecule has 1 aromatic rings. The number of thioether (sulfide) groups is 1. The van der Waals surface area contributed by atoms with Crippen LogP contribution in [0.15, 0.2) is 29.2 Å². The number of sulfonamides is 1. The molecule has 0 amide bonds. The SMILES string of the molecule is CNc1ccc(S(=O)(=O)NC2CCCC(SC)C2)cc1. The van der Waals surface area contributed by atoms with Crippen LogP contribution >= 0.6 is 11.8 Å². The molecule has 2 atom stereocenters. The van der Waals surface area contributed by atoms with E-state index in [0.29, 0.717) is 10.1 Å². The third-order valence-corrected chi connectivity index (χ3v) is 6.37. The van der Waals surface area contributed by atoms with Crippen LogP contribution in [0, 0.1) is 0 Å². The maximum atomic E-state index is 12.4. The Morgan fingerprint density at radius 2 is 1.90 bits per heavy atom. The number of nitrogens with one attached hydrogen (secondary N) is 2. The van der Waals surface area contributed by atoms with E-state index in [0.717, 1.165) is 24.9 Å². The summed E-state index contributed by atoms with van der Waals surface area (Å²) < 4.78 is 27.6. The van der Waals surface area contributed by atoms with Crippen molar-refractivity contribution >= 4 is 27.5 Å². The fourth-order valence-corrected chi connectivity index (χ4v) is 4.66. The van der Waals surface area contributed by atoms with Crippen LogP contribution in [0.4, 0.5) is 5.69 Å². The van der Waals surface area contributed by atoms with E-state index in [2.05, 4.69) is 16.3 Å². The zero-order chi connectivity index (χ0) is 14.6. The molecule has 0 aliphatic heterocycles. The summed E-state index contributed by atoms with van der Waals surface area (Å²) in [6.45, 7) is 0.